The summed E-state index contributed by atoms with van der Waals surface area (Å²) in [4.78, 5) is 0. The number of rotatable bonds is 3. The smallest absolute Gasteiger partial charge is 0.0627 e. The van der Waals surface area contributed by atoms with Crippen LogP contribution in [0.5, 0.6) is 0 Å². The molecule has 0 aromatic heterocycles. The topological polar surface area (TPSA) is 12.0 Å². The normalized spacial score (nSPS) is 25.1. The van der Waals surface area contributed by atoms with Gasteiger partial charge in [0.15, 0.2) is 0 Å². The zero-order valence-electron chi connectivity index (χ0n) is 8.06. The highest BCUT2D eigenvalue weighted by Gasteiger charge is 2.38. The second-order valence-electron chi connectivity index (χ2n) is 3.80. The molecule has 1 aliphatic carbocycles. The molecule has 1 N–H and O–H groups in total. The maximum Gasteiger partial charge on any atom is 0.0627 e. The molecule has 1 aliphatic rings. The third-order valence-electron chi connectivity index (χ3n) is 2.77. The Morgan fingerprint density at radius 1 is 1.43 bits per heavy atom. The Morgan fingerprint density at radius 3 is 2.93 bits per heavy atom. The monoisotopic (exact) mass is 229 g/mol. The average Bonchev–Trinajstić information content (AvgIpc) is 2.90. The van der Waals surface area contributed by atoms with Gasteiger partial charge in [0.2, 0.25) is 0 Å². The number of benzene rings is 1. The van der Waals surface area contributed by atoms with Gasteiger partial charge in [0.25, 0.3) is 0 Å². The van der Waals surface area contributed by atoms with Crippen LogP contribution >= 0.6 is 23.2 Å². The molecule has 0 aliphatic heterocycles. The molecule has 76 valence electrons. The van der Waals surface area contributed by atoms with Gasteiger partial charge in [0, 0.05) is 0 Å². The molecule has 0 saturated heterocycles. The number of hydrogen-bond acceptors (Lipinski definition) is 1. The number of hydrogen-bond donors (Lipinski definition) is 1. The van der Waals surface area contributed by atoms with Crippen molar-refractivity contribution in [1.29, 1.82) is 0 Å². The lowest BCUT2D eigenvalue weighted by atomic mass is 10.1. The van der Waals surface area contributed by atoms with E-state index < -0.39 is 0 Å². The third-order valence-corrected chi connectivity index (χ3v) is 3.60. The first-order valence-electron chi connectivity index (χ1n) is 4.82. The molecule has 3 heteroatoms. The molecule has 1 saturated carbocycles. The lowest BCUT2D eigenvalue weighted by molar-refractivity contribution is 0.698. The first kappa shape index (κ1) is 10.3. The van der Waals surface area contributed by atoms with E-state index in [0.29, 0.717) is 10.9 Å². The second-order valence-corrected chi connectivity index (χ2v) is 4.59. The number of halogens is 2. The molecular formula is C11H13Cl2N. The van der Waals surface area contributed by atoms with Crippen LogP contribution in [-0.4, -0.2) is 13.6 Å². The minimum atomic E-state index is 0.605. The van der Waals surface area contributed by atoms with Gasteiger partial charge in [-0.1, -0.05) is 35.3 Å². The van der Waals surface area contributed by atoms with Crippen LogP contribution in [0.1, 0.15) is 17.9 Å². The van der Waals surface area contributed by atoms with Gasteiger partial charge in [0.1, 0.15) is 0 Å². The maximum atomic E-state index is 6.14. The van der Waals surface area contributed by atoms with Gasteiger partial charge in [-0.05, 0) is 43.5 Å². The van der Waals surface area contributed by atoms with Crippen LogP contribution in [-0.2, 0) is 0 Å². The Balaban J connectivity index is 2.15. The van der Waals surface area contributed by atoms with E-state index in [-0.39, 0.29) is 0 Å². The van der Waals surface area contributed by atoms with Crippen LogP contribution in [0.25, 0.3) is 0 Å². The fraction of sp³-hybridized carbons (Fsp3) is 0.455. The fourth-order valence-electron chi connectivity index (χ4n) is 1.92. The van der Waals surface area contributed by atoms with E-state index in [2.05, 4.69) is 11.4 Å². The molecule has 2 unspecified atom stereocenters. The standard InChI is InChI=1S/C11H13Cl2N/c1-14-6-7-5-9(7)8-3-2-4-10(12)11(8)13/h2-4,7,9,14H,5-6H2,1H3. The summed E-state index contributed by atoms with van der Waals surface area (Å²) < 4.78 is 0. The van der Waals surface area contributed by atoms with E-state index in [0.717, 1.165) is 17.5 Å². The third kappa shape index (κ3) is 1.90. The highest BCUT2D eigenvalue weighted by molar-refractivity contribution is 6.42. The summed E-state index contributed by atoms with van der Waals surface area (Å²) in [5.74, 6) is 1.34. The second kappa shape index (κ2) is 4.09. The van der Waals surface area contributed by atoms with E-state index >= 15 is 0 Å². The van der Waals surface area contributed by atoms with Crippen molar-refractivity contribution < 1.29 is 0 Å². The minimum absolute atomic E-state index is 0.605. The molecule has 0 amide bonds. The molecule has 1 fully saturated rings. The fourth-order valence-corrected chi connectivity index (χ4v) is 2.37. The summed E-state index contributed by atoms with van der Waals surface area (Å²) >= 11 is 12.1. The Hall–Kier alpha value is -0.240. The van der Waals surface area contributed by atoms with Crippen molar-refractivity contribution in [3.63, 3.8) is 0 Å². The summed E-state index contributed by atoms with van der Waals surface area (Å²) in [6.45, 7) is 1.06. The van der Waals surface area contributed by atoms with Gasteiger partial charge in [-0.3, -0.25) is 0 Å². The molecule has 2 atom stereocenters. The summed E-state index contributed by atoms with van der Waals surface area (Å²) in [5.41, 5.74) is 1.21. The van der Waals surface area contributed by atoms with E-state index in [1.165, 1.54) is 12.0 Å². The first-order valence-corrected chi connectivity index (χ1v) is 5.58. The molecule has 0 spiro atoms. The molecule has 0 bridgehead atoms. The van der Waals surface area contributed by atoms with Gasteiger partial charge in [-0.15, -0.1) is 0 Å². The zero-order valence-corrected chi connectivity index (χ0v) is 9.57. The van der Waals surface area contributed by atoms with Crippen molar-refractivity contribution >= 4 is 23.2 Å². The predicted molar refractivity (Wildman–Crippen MR) is 61.2 cm³/mol. The minimum Gasteiger partial charge on any atom is -0.319 e. The quantitative estimate of drug-likeness (QED) is 0.839. The highest BCUT2D eigenvalue weighted by Crippen LogP contribution is 2.50. The molecule has 2 rings (SSSR count). The summed E-state index contributed by atoms with van der Waals surface area (Å²) in [6.07, 6.45) is 1.22. The van der Waals surface area contributed by atoms with Crippen molar-refractivity contribution in [2.75, 3.05) is 13.6 Å². The average molecular weight is 230 g/mol. The maximum absolute atomic E-state index is 6.14. The van der Waals surface area contributed by atoms with Crippen molar-refractivity contribution in [3.8, 4) is 0 Å². The predicted octanol–water partition coefficient (Wildman–Crippen LogP) is 3.32. The molecule has 1 aromatic carbocycles. The Morgan fingerprint density at radius 2 is 2.21 bits per heavy atom. The first-order chi connectivity index (χ1) is 6.74. The van der Waals surface area contributed by atoms with Gasteiger partial charge >= 0.3 is 0 Å². The van der Waals surface area contributed by atoms with E-state index in [9.17, 15) is 0 Å². The Labute approximate surface area is 94.4 Å². The molecule has 0 heterocycles. The number of nitrogens with one attached hydrogen (secondary N) is 1. The summed E-state index contributed by atoms with van der Waals surface area (Å²) in [7, 11) is 1.98. The molecule has 1 nitrogen and oxygen atoms in total. The molecular weight excluding hydrogens is 217 g/mol. The van der Waals surface area contributed by atoms with Gasteiger partial charge in [-0.25, -0.2) is 0 Å². The van der Waals surface area contributed by atoms with E-state index in [1.54, 1.807) is 0 Å². The van der Waals surface area contributed by atoms with Gasteiger partial charge in [0.05, 0.1) is 10.0 Å². The van der Waals surface area contributed by atoms with Crippen LogP contribution < -0.4 is 5.32 Å². The van der Waals surface area contributed by atoms with Crippen LogP contribution in [0.15, 0.2) is 18.2 Å². The lowest BCUT2D eigenvalue weighted by Crippen LogP contribution is -2.10. The van der Waals surface area contributed by atoms with Crippen LogP contribution in [0.4, 0.5) is 0 Å². The molecule has 0 radical (unpaired) electrons. The zero-order chi connectivity index (χ0) is 10.1. The van der Waals surface area contributed by atoms with Crippen molar-refractivity contribution in [2.45, 2.75) is 12.3 Å². The van der Waals surface area contributed by atoms with Crippen molar-refractivity contribution in [3.05, 3.63) is 33.8 Å². The SMILES string of the molecule is CNCC1CC1c1cccc(Cl)c1Cl. The molecule has 14 heavy (non-hydrogen) atoms. The van der Waals surface area contributed by atoms with Crippen LogP contribution in [0, 0.1) is 5.92 Å². The van der Waals surface area contributed by atoms with Crippen molar-refractivity contribution in [2.24, 2.45) is 5.92 Å². The van der Waals surface area contributed by atoms with Gasteiger partial charge in [-0.2, -0.15) is 0 Å². The summed E-state index contributed by atoms with van der Waals surface area (Å²) in [6, 6.07) is 5.88. The molecule has 1 aromatic rings. The van der Waals surface area contributed by atoms with Crippen LogP contribution in [0.2, 0.25) is 10.0 Å². The highest BCUT2D eigenvalue weighted by atomic mass is 35.5. The summed E-state index contributed by atoms with van der Waals surface area (Å²) in [5, 5.41) is 4.59. The Kier molecular flexibility index (Phi) is 3.01. The van der Waals surface area contributed by atoms with E-state index in [1.807, 2.05) is 19.2 Å². The lowest BCUT2D eigenvalue weighted by Gasteiger charge is -2.04. The largest absolute Gasteiger partial charge is 0.319 e. The van der Waals surface area contributed by atoms with E-state index in [4.69, 9.17) is 23.2 Å². The van der Waals surface area contributed by atoms with Crippen molar-refractivity contribution in [1.82, 2.24) is 5.32 Å². The van der Waals surface area contributed by atoms with Crippen LogP contribution in [0.3, 0.4) is 0 Å². The van der Waals surface area contributed by atoms with Gasteiger partial charge < -0.3 is 5.32 Å². The Bertz CT molecular complexity index is 338.